The summed E-state index contributed by atoms with van der Waals surface area (Å²) in [4.78, 5) is 25.6. The van der Waals surface area contributed by atoms with Crippen LogP contribution < -0.4 is 15.0 Å². The zero-order chi connectivity index (χ0) is 32.9. The lowest BCUT2D eigenvalue weighted by molar-refractivity contribution is -0.171. The zero-order valence-corrected chi connectivity index (χ0v) is 28.9. The van der Waals surface area contributed by atoms with Crippen LogP contribution in [0, 0.1) is 26.2 Å². The Balaban J connectivity index is 1.66. The number of hydrogen-bond acceptors (Lipinski definition) is 8. The summed E-state index contributed by atoms with van der Waals surface area (Å²) in [5.74, 6) is 1.30. The number of para-hydroxylation sites is 1. The molecule has 3 aromatic rings. The molecule has 1 aliphatic rings. The first-order chi connectivity index (χ1) is 21.1. The van der Waals surface area contributed by atoms with Crippen molar-refractivity contribution >= 4 is 17.5 Å². The molecule has 0 aliphatic carbocycles. The van der Waals surface area contributed by atoms with Crippen LogP contribution in [0.5, 0.6) is 5.75 Å². The Kier molecular flexibility index (Phi) is 10.8. The summed E-state index contributed by atoms with van der Waals surface area (Å²) in [5, 5.41) is 3.37. The van der Waals surface area contributed by atoms with Gasteiger partial charge in [-0.3, -0.25) is 4.98 Å². The monoisotopic (exact) mass is 616 g/mol. The first-order valence-corrected chi connectivity index (χ1v) is 16.2. The van der Waals surface area contributed by atoms with Gasteiger partial charge in [-0.1, -0.05) is 32.0 Å². The number of anilines is 2. The number of esters is 1. The normalized spacial score (nSPS) is 15.6. The van der Waals surface area contributed by atoms with E-state index in [9.17, 15) is 4.79 Å². The summed E-state index contributed by atoms with van der Waals surface area (Å²) in [7, 11) is 0. The Hall–Kier alpha value is -3.65. The second-order valence-electron chi connectivity index (χ2n) is 14.2. The van der Waals surface area contributed by atoms with Crippen LogP contribution in [-0.2, 0) is 14.3 Å². The highest BCUT2D eigenvalue weighted by Gasteiger charge is 2.37. The molecule has 45 heavy (non-hydrogen) atoms. The minimum absolute atomic E-state index is 0.257. The fraction of sp³-hybridized carbons (Fsp3) is 0.541. The van der Waals surface area contributed by atoms with E-state index >= 15 is 0 Å². The summed E-state index contributed by atoms with van der Waals surface area (Å²) in [5.41, 5.74) is 6.27. The van der Waals surface area contributed by atoms with Gasteiger partial charge < -0.3 is 24.4 Å². The van der Waals surface area contributed by atoms with E-state index in [2.05, 4.69) is 56.1 Å². The highest BCUT2D eigenvalue weighted by atomic mass is 16.6. The van der Waals surface area contributed by atoms with Crippen molar-refractivity contribution in [2.75, 3.05) is 36.5 Å². The molecule has 1 atom stereocenters. The lowest BCUT2D eigenvalue weighted by Gasteiger charge is -2.41. The number of piperidine rings is 1. The van der Waals surface area contributed by atoms with E-state index < -0.39 is 17.7 Å². The maximum Gasteiger partial charge on any atom is 0.340 e. The Morgan fingerprint density at radius 1 is 1.00 bits per heavy atom. The van der Waals surface area contributed by atoms with Crippen LogP contribution in [0.3, 0.4) is 0 Å². The molecule has 1 aliphatic heterocycles. The lowest BCUT2D eigenvalue weighted by atomic mass is 9.82. The summed E-state index contributed by atoms with van der Waals surface area (Å²) in [6.45, 7) is 23.2. The predicted molar refractivity (Wildman–Crippen MR) is 182 cm³/mol. The molecule has 0 saturated carbocycles. The average molecular weight is 617 g/mol. The molecular weight excluding hydrogens is 564 g/mol. The lowest BCUT2D eigenvalue weighted by Crippen LogP contribution is -2.39. The van der Waals surface area contributed by atoms with Crippen LogP contribution in [0.2, 0.25) is 0 Å². The minimum atomic E-state index is -0.921. The smallest absolute Gasteiger partial charge is 0.340 e. The molecular formula is C37H52N4O4. The number of aryl methyl sites for hydroxylation is 3. The minimum Gasteiger partial charge on any atom is -0.491 e. The molecule has 8 heteroatoms. The van der Waals surface area contributed by atoms with Gasteiger partial charge >= 0.3 is 5.97 Å². The second-order valence-corrected chi connectivity index (χ2v) is 14.2. The number of ether oxygens (including phenoxy) is 3. The number of nitrogens with zero attached hydrogens (tertiary/aromatic N) is 3. The molecule has 1 unspecified atom stereocenters. The number of rotatable bonds is 11. The van der Waals surface area contributed by atoms with Gasteiger partial charge in [0.15, 0.2) is 6.10 Å². The van der Waals surface area contributed by atoms with Crippen molar-refractivity contribution < 1.29 is 19.0 Å². The third-order valence-electron chi connectivity index (χ3n) is 8.16. The van der Waals surface area contributed by atoms with Gasteiger partial charge in [-0.05, 0) is 96.9 Å². The molecule has 1 saturated heterocycles. The van der Waals surface area contributed by atoms with Crippen molar-refractivity contribution in [3.8, 4) is 16.9 Å². The number of nitrogens with one attached hydrogen (secondary N) is 1. The Morgan fingerprint density at radius 3 is 2.24 bits per heavy atom. The third-order valence-corrected chi connectivity index (χ3v) is 8.16. The molecule has 2 aromatic heterocycles. The molecule has 1 aromatic carbocycles. The van der Waals surface area contributed by atoms with Crippen LogP contribution >= 0.6 is 0 Å². The van der Waals surface area contributed by atoms with Gasteiger partial charge in [0.25, 0.3) is 0 Å². The molecule has 0 radical (unpaired) electrons. The van der Waals surface area contributed by atoms with Crippen LogP contribution in [0.4, 0.5) is 11.5 Å². The molecule has 4 rings (SSSR count). The highest BCUT2D eigenvalue weighted by Crippen LogP contribution is 2.43. The van der Waals surface area contributed by atoms with Gasteiger partial charge in [0.05, 0.1) is 23.9 Å². The zero-order valence-electron chi connectivity index (χ0n) is 28.9. The molecule has 0 bridgehead atoms. The number of carbonyl (C=O) groups is 1. The van der Waals surface area contributed by atoms with Crippen LogP contribution in [0.15, 0.2) is 42.7 Å². The molecule has 0 amide bonds. The average Bonchev–Trinajstić information content (AvgIpc) is 2.95. The maximum atomic E-state index is 13.6. The largest absolute Gasteiger partial charge is 0.491 e. The molecule has 8 nitrogen and oxygen atoms in total. The quantitative estimate of drug-likeness (QED) is 0.171. The molecule has 3 heterocycles. The molecule has 1 N–H and O–H groups in total. The van der Waals surface area contributed by atoms with Gasteiger partial charge in [0.2, 0.25) is 0 Å². The van der Waals surface area contributed by atoms with E-state index in [4.69, 9.17) is 24.2 Å². The van der Waals surface area contributed by atoms with E-state index in [1.807, 2.05) is 66.1 Å². The fourth-order valence-electron chi connectivity index (χ4n) is 5.70. The maximum absolute atomic E-state index is 13.6. The second kappa shape index (κ2) is 14.2. The van der Waals surface area contributed by atoms with Gasteiger partial charge in [0, 0.05) is 47.9 Å². The van der Waals surface area contributed by atoms with E-state index in [1.54, 1.807) is 0 Å². The standard InChI is InChI=1S/C37H52N4O4/c1-24(2)44-35(42)34(45-36(6,7)8)31-27(5)39-23-29(32(31)41-19-16-37(9,10)17-20-41)28-14-15-30(40-22-28)38-18-21-43-33-25(3)12-11-13-26(33)4/h11-15,22-24,34H,16-21H2,1-10H3,(H,38,40). The summed E-state index contributed by atoms with van der Waals surface area (Å²) < 4.78 is 18.3. The number of hydrogen-bond donors (Lipinski definition) is 1. The van der Waals surface area contributed by atoms with Crippen molar-refractivity contribution in [1.82, 2.24) is 9.97 Å². The highest BCUT2D eigenvalue weighted by molar-refractivity contribution is 5.87. The SMILES string of the molecule is Cc1cccc(C)c1OCCNc1ccc(-c2cnc(C)c(C(OC(C)(C)C)C(=O)OC(C)C)c2N2CCC(C)(C)CC2)cn1. The van der Waals surface area contributed by atoms with E-state index in [-0.39, 0.29) is 11.5 Å². The number of carbonyl (C=O) groups excluding carboxylic acids is 1. The Bertz CT molecular complexity index is 1430. The Labute approximate surface area is 269 Å². The predicted octanol–water partition coefficient (Wildman–Crippen LogP) is 7.99. The summed E-state index contributed by atoms with van der Waals surface area (Å²) in [6, 6.07) is 10.2. The molecule has 244 valence electrons. The summed E-state index contributed by atoms with van der Waals surface area (Å²) in [6.07, 6.45) is 4.66. The molecule has 1 fully saturated rings. The van der Waals surface area contributed by atoms with E-state index in [1.165, 1.54) is 0 Å². The van der Waals surface area contributed by atoms with Crippen molar-refractivity contribution in [2.24, 2.45) is 5.41 Å². The van der Waals surface area contributed by atoms with Crippen LogP contribution in [-0.4, -0.2) is 53.9 Å². The number of pyridine rings is 2. The van der Waals surface area contributed by atoms with Crippen LogP contribution in [0.25, 0.3) is 11.1 Å². The van der Waals surface area contributed by atoms with Gasteiger partial charge in [0.1, 0.15) is 18.2 Å². The first kappa shape index (κ1) is 34.2. The number of benzene rings is 1. The van der Waals surface area contributed by atoms with Crippen molar-refractivity contribution in [2.45, 2.75) is 99.9 Å². The van der Waals surface area contributed by atoms with Crippen molar-refractivity contribution in [3.63, 3.8) is 0 Å². The fourth-order valence-corrected chi connectivity index (χ4v) is 5.70. The molecule has 0 spiro atoms. The van der Waals surface area contributed by atoms with Crippen LogP contribution in [0.1, 0.15) is 89.8 Å². The van der Waals surface area contributed by atoms with Gasteiger partial charge in [-0.2, -0.15) is 0 Å². The van der Waals surface area contributed by atoms with Gasteiger partial charge in [-0.15, -0.1) is 0 Å². The topological polar surface area (TPSA) is 85.8 Å². The van der Waals surface area contributed by atoms with Crippen molar-refractivity contribution in [3.05, 3.63) is 65.1 Å². The van der Waals surface area contributed by atoms with Gasteiger partial charge in [-0.25, -0.2) is 9.78 Å². The van der Waals surface area contributed by atoms with Crippen molar-refractivity contribution in [1.29, 1.82) is 0 Å². The number of aromatic nitrogens is 2. The van der Waals surface area contributed by atoms with E-state index in [0.717, 1.165) is 76.7 Å². The summed E-state index contributed by atoms with van der Waals surface area (Å²) >= 11 is 0. The first-order valence-electron chi connectivity index (χ1n) is 16.2. The Morgan fingerprint density at radius 2 is 1.67 bits per heavy atom. The van der Waals surface area contributed by atoms with E-state index in [0.29, 0.717) is 13.2 Å². The third kappa shape index (κ3) is 8.97.